The second-order valence-corrected chi connectivity index (χ2v) is 5.37. The average molecular weight is 274 g/mol. The molecule has 0 bridgehead atoms. The SMILES string of the molecule is Nc1nc(NCCC2CCCC2)c(Cl)cc1Cl. The Hall–Kier alpha value is -0.670. The summed E-state index contributed by atoms with van der Waals surface area (Å²) < 4.78 is 0. The van der Waals surface area contributed by atoms with E-state index >= 15 is 0 Å². The average Bonchev–Trinajstić information content (AvgIpc) is 2.78. The molecule has 1 saturated carbocycles. The smallest absolute Gasteiger partial charge is 0.147 e. The number of hydrogen-bond donors (Lipinski definition) is 2. The molecule has 3 nitrogen and oxygen atoms in total. The number of hydrogen-bond acceptors (Lipinski definition) is 3. The number of nitrogen functional groups attached to an aromatic ring is 1. The fraction of sp³-hybridized carbons (Fsp3) is 0.583. The van der Waals surface area contributed by atoms with Crippen molar-refractivity contribution in [2.45, 2.75) is 32.1 Å². The van der Waals surface area contributed by atoms with E-state index < -0.39 is 0 Å². The molecule has 94 valence electrons. The zero-order valence-electron chi connectivity index (χ0n) is 9.68. The molecule has 0 aromatic carbocycles. The van der Waals surface area contributed by atoms with Crippen LogP contribution in [-0.2, 0) is 0 Å². The minimum Gasteiger partial charge on any atom is -0.382 e. The Morgan fingerprint density at radius 2 is 2.00 bits per heavy atom. The first-order chi connectivity index (χ1) is 8.16. The van der Waals surface area contributed by atoms with E-state index in [0.29, 0.717) is 21.7 Å². The molecule has 0 radical (unpaired) electrons. The first-order valence-electron chi connectivity index (χ1n) is 6.02. The third kappa shape index (κ3) is 3.39. The van der Waals surface area contributed by atoms with Crippen LogP contribution in [0.1, 0.15) is 32.1 Å². The zero-order chi connectivity index (χ0) is 12.3. The van der Waals surface area contributed by atoms with Crippen molar-refractivity contribution in [1.29, 1.82) is 0 Å². The number of nitrogens with one attached hydrogen (secondary N) is 1. The quantitative estimate of drug-likeness (QED) is 0.873. The Morgan fingerprint density at radius 1 is 1.29 bits per heavy atom. The fourth-order valence-corrected chi connectivity index (χ4v) is 2.72. The van der Waals surface area contributed by atoms with Gasteiger partial charge in [0.05, 0.1) is 10.0 Å². The molecule has 0 amide bonds. The van der Waals surface area contributed by atoms with Gasteiger partial charge in [-0.2, -0.15) is 0 Å². The number of pyridine rings is 1. The molecule has 3 N–H and O–H groups in total. The van der Waals surface area contributed by atoms with Gasteiger partial charge in [0.15, 0.2) is 0 Å². The van der Waals surface area contributed by atoms with Crippen molar-refractivity contribution in [2.24, 2.45) is 5.92 Å². The molecule has 1 heterocycles. The second-order valence-electron chi connectivity index (χ2n) is 4.55. The van der Waals surface area contributed by atoms with Crippen molar-refractivity contribution in [2.75, 3.05) is 17.6 Å². The van der Waals surface area contributed by atoms with Gasteiger partial charge >= 0.3 is 0 Å². The van der Waals surface area contributed by atoms with Crippen molar-refractivity contribution >= 4 is 34.8 Å². The number of aromatic nitrogens is 1. The van der Waals surface area contributed by atoms with Crippen LogP contribution < -0.4 is 11.1 Å². The molecule has 5 heteroatoms. The van der Waals surface area contributed by atoms with Crippen LogP contribution in [0.4, 0.5) is 11.6 Å². The first kappa shape index (κ1) is 12.8. The molecule has 0 spiro atoms. The van der Waals surface area contributed by atoms with Crippen molar-refractivity contribution in [3.8, 4) is 0 Å². The van der Waals surface area contributed by atoms with Gasteiger partial charge < -0.3 is 11.1 Å². The zero-order valence-corrected chi connectivity index (χ0v) is 11.2. The molecule has 1 aliphatic carbocycles. The van der Waals surface area contributed by atoms with Gasteiger partial charge in [-0.15, -0.1) is 0 Å². The monoisotopic (exact) mass is 273 g/mol. The maximum absolute atomic E-state index is 6.03. The summed E-state index contributed by atoms with van der Waals surface area (Å²) in [4.78, 5) is 4.14. The summed E-state index contributed by atoms with van der Waals surface area (Å²) in [6, 6.07) is 1.63. The summed E-state index contributed by atoms with van der Waals surface area (Å²) >= 11 is 11.9. The number of rotatable bonds is 4. The highest BCUT2D eigenvalue weighted by molar-refractivity contribution is 6.37. The van der Waals surface area contributed by atoms with E-state index in [1.165, 1.54) is 32.1 Å². The van der Waals surface area contributed by atoms with E-state index in [1.807, 2.05) is 0 Å². The number of nitrogens with zero attached hydrogens (tertiary/aromatic N) is 1. The van der Waals surface area contributed by atoms with E-state index in [4.69, 9.17) is 28.9 Å². The van der Waals surface area contributed by atoms with Crippen molar-refractivity contribution in [3.05, 3.63) is 16.1 Å². The molecule has 0 atom stereocenters. The minimum atomic E-state index is 0.319. The lowest BCUT2D eigenvalue weighted by Gasteiger charge is -2.12. The van der Waals surface area contributed by atoms with E-state index in [2.05, 4.69) is 10.3 Å². The predicted octanol–water partition coefficient (Wildman–Crippen LogP) is 3.96. The van der Waals surface area contributed by atoms with Crippen molar-refractivity contribution in [1.82, 2.24) is 4.98 Å². The van der Waals surface area contributed by atoms with Crippen LogP contribution in [0.25, 0.3) is 0 Å². The molecular formula is C12H17Cl2N3. The van der Waals surface area contributed by atoms with Crippen molar-refractivity contribution < 1.29 is 0 Å². The summed E-state index contributed by atoms with van der Waals surface area (Å²) in [5.74, 6) is 1.80. The third-order valence-corrected chi connectivity index (χ3v) is 3.87. The highest BCUT2D eigenvalue weighted by Crippen LogP contribution is 2.29. The first-order valence-corrected chi connectivity index (χ1v) is 6.78. The van der Waals surface area contributed by atoms with Crippen molar-refractivity contribution in [3.63, 3.8) is 0 Å². The topological polar surface area (TPSA) is 50.9 Å². The van der Waals surface area contributed by atoms with Crippen LogP contribution in [0, 0.1) is 5.92 Å². The van der Waals surface area contributed by atoms with Crippen LogP contribution in [-0.4, -0.2) is 11.5 Å². The molecule has 2 rings (SSSR count). The summed E-state index contributed by atoms with van der Waals surface area (Å²) in [5.41, 5.74) is 5.64. The Balaban J connectivity index is 1.87. The Labute approximate surface area is 112 Å². The van der Waals surface area contributed by atoms with E-state index in [0.717, 1.165) is 12.5 Å². The van der Waals surface area contributed by atoms with Crippen LogP contribution in [0.15, 0.2) is 6.07 Å². The molecule has 1 fully saturated rings. The molecule has 0 unspecified atom stereocenters. The standard InChI is InChI=1S/C12H17Cl2N3/c13-9-7-10(14)12(17-11(9)15)16-6-5-8-3-1-2-4-8/h7-8H,1-6H2,(H3,15,16,17). The maximum atomic E-state index is 6.03. The lowest BCUT2D eigenvalue weighted by atomic mass is 10.0. The lowest BCUT2D eigenvalue weighted by Crippen LogP contribution is -2.09. The van der Waals surface area contributed by atoms with Gasteiger partial charge in [0.1, 0.15) is 11.6 Å². The molecule has 1 aromatic rings. The van der Waals surface area contributed by atoms with E-state index in [-0.39, 0.29) is 0 Å². The summed E-state index contributed by atoms with van der Waals surface area (Å²) in [7, 11) is 0. The molecule has 0 saturated heterocycles. The predicted molar refractivity (Wildman–Crippen MR) is 73.7 cm³/mol. The van der Waals surface area contributed by atoms with Gasteiger partial charge in [-0.1, -0.05) is 48.9 Å². The van der Waals surface area contributed by atoms with Crippen LogP contribution in [0.5, 0.6) is 0 Å². The van der Waals surface area contributed by atoms with E-state index in [9.17, 15) is 0 Å². The van der Waals surface area contributed by atoms with Gasteiger partial charge in [-0.25, -0.2) is 4.98 Å². The molecule has 0 aliphatic heterocycles. The summed E-state index contributed by atoms with van der Waals surface area (Å²) in [6.07, 6.45) is 6.62. The summed E-state index contributed by atoms with van der Waals surface area (Å²) in [5, 5.41) is 4.15. The van der Waals surface area contributed by atoms with E-state index in [1.54, 1.807) is 6.07 Å². The van der Waals surface area contributed by atoms with Crippen LogP contribution >= 0.6 is 23.2 Å². The largest absolute Gasteiger partial charge is 0.382 e. The lowest BCUT2D eigenvalue weighted by molar-refractivity contribution is 0.518. The van der Waals surface area contributed by atoms with Gasteiger partial charge in [0, 0.05) is 6.54 Å². The van der Waals surface area contributed by atoms with Crippen LogP contribution in [0.2, 0.25) is 10.0 Å². The fourth-order valence-electron chi connectivity index (χ4n) is 2.30. The summed E-state index contributed by atoms with van der Waals surface area (Å²) in [6.45, 7) is 0.887. The molecule has 1 aromatic heterocycles. The van der Waals surface area contributed by atoms with Gasteiger partial charge in [0.2, 0.25) is 0 Å². The normalized spacial score (nSPS) is 16.4. The Morgan fingerprint density at radius 3 is 2.71 bits per heavy atom. The van der Waals surface area contributed by atoms with Gasteiger partial charge in [-0.05, 0) is 18.4 Å². The van der Waals surface area contributed by atoms with Gasteiger partial charge in [0.25, 0.3) is 0 Å². The molecule has 1 aliphatic rings. The molecule has 17 heavy (non-hydrogen) atoms. The minimum absolute atomic E-state index is 0.319. The number of halogens is 2. The highest BCUT2D eigenvalue weighted by atomic mass is 35.5. The number of nitrogens with two attached hydrogens (primary N) is 1. The highest BCUT2D eigenvalue weighted by Gasteiger charge is 2.14. The van der Waals surface area contributed by atoms with Gasteiger partial charge in [-0.3, -0.25) is 0 Å². The third-order valence-electron chi connectivity index (χ3n) is 3.28. The van der Waals surface area contributed by atoms with Crippen LogP contribution in [0.3, 0.4) is 0 Å². The number of anilines is 2. The Kier molecular flexibility index (Phi) is 4.35. The Bertz CT molecular complexity index is 390. The second kappa shape index (κ2) is 5.78. The maximum Gasteiger partial charge on any atom is 0.147 e. The molecular weight excluding hydrogens is 257 g/mol.